The smallest absolute Gasteiger partial charge is 0.295 e. The van der Waals surface area contributed by atoms with Gasteiger partial charge in [0.2, 0.25) is 0 Å². The van der Waals surface area contributed by atoms with Crippen LogP contribution in [0.15, 0.2) is 162 Å². The molecule has 0 saturated carbocycles. The first kappa shape index (κ1) is 41.1. The number of azo groups is 3. The monoisotopic (exact) mass is 868 g/mol. The van der Waals surface area contributed by atoms with Crippen LogP contribution in [-0.4, -0.2) is 46.4 Å². The molecule has 0 spiro atoms. The second kappa shape index (κ2) is 15.8. The maximum Gasteiger partial charge on any atom is 0.295 e. The molecule has 0 radical (unpaired) electrons. The number of benzene rings is 8. The van der Waals surface area contributed by atoms with Gasteiger partial charge in [-0.1, -0.05) is 60.7 Å². The Morgan fingerprint density at radius 3 is 1.10 bits per heavy atom. The largest absolute Gasteiger partial charge is 0.507 e. The molecule has 8 aromatic rings. The van der Waals surface area contributed by atoms with E-state index >= 15 is 0 Å². The van der Waals surface area contributed by atoms with Crippen molar-refractivity contribution in [3.63, 3.8) is 0 Å². The van der Waals surface area contributed by atoms with Crippen LogP contribution in [-0.2, 0) is 20.2 Å². The van der Waals surface area contributed by atoms with Crippen LogP contribution < -0.4 is 0 Å². The third-order valence-corrected chi connectivity index (χ3v) is 11.9. The van der Waals surface area contributed by atoms with E-state index in [0.717, 1.165) is 28.8 Å². The average molecular weight is 869 g/mol. The van der Waals surface area contributed by atoms with E-state index in [9.17, 15) is 46.4 Å². The summed E-state index contributed by atoms with van der Waals surface area (Å²) in [5, 5.41) is 68.9. The molecule has 0 atom stereocenters. The Bertz CT molecular complexity index is 3500. The van der Waals surface area contributed by atoms with Crippen molar-refractivity contribution in [2.45, 2.75) is 23.6 Å². The number of nitrogens with zero attached hydrogens (tertiary/aromatic N) is 6. The summed E-state index contributed by atoms with van der Waals surface area (Å²) in [6, 6.07) is 31.5. The lowest BCUT2D eigenvalue weighted by Crippen LogP contribution is -1.99. The van der Waals surface area contributed by atoms with E-state index in [1.165, 1.54) is 36.4 Å². The lowest BCUT2D eigenvalue weighted by Gasteiger charge is -2.10. The average Bonchev–Trinajstić information content (AvgIpc) is 3.22. The summed E-state index contributed by atoms with van der Waals surface area (Å²) < 4.78 is 68.3. The third kappa shape index (κ3) is 7.77. The number of hydrogen-bond donors (Lipinski definition) is 6. The van der Waals surface area contributed by atoms with Crippen LogP contribution in [0.1, 0.15) is 11.1 Å². The molecular weight excluding hydrogens is 837 g/mol. The van der Waals surface area contributed by atoms with Gasteiger partial charge in [0, 0.05) is 21.5 Å². The van der Waals surface area contributed by atoms with E-state index in [1.807, 2.05) is 49.4 Å². The van der Waals surface area contributed by atoms with Crippen LogP contribution in [0.4, 0.5) is 34.1 Å². The lowest BCUT2D eigenvalue weighted by molar-refractivity contribution is 0.462. The van der Waals surface area contributed by atoms with Crippen LogP contribution >= 0.6 is 0 Å². The fourth-order valence-electron chi connectivity index (χ4n) is 7.02. The molecule has 0 aliphatic carbocycles. The van der Waals surface area contributed by atoms with Crippen molar-refractivity contribution in [1.29, 1.82) is 0 Å². The minimum Gasteiger partial charge on any atom is -0.507 e. The molecule has 0 bridgehead atoms. The van der Waals surface area contributed by atoms with E-state index in [4.69, 9.17) is 0 Å². The molecule has 8 rings (SSSR count). The van der Waals surface area contributed by atoms with Gasteiger partial charge in [0.05, 0.1) is 33.5 Å². The quantitative estimate of drug-likeness (QED) is 0.0590. The molecule has 0 aliphatic heterocycles. The Hall–Kier alpha value is -7.64. The molecule has 0 unspecified atom stereocenters. The second-order valence-corrected chi connectivity index (χ2v) is 16.9. The Morgan fingerprint density at radius 1 is 0.387 bits per heavy atom. The number of aromatic hydroxyl groups is 4. The van der Waals surface area contributed by atoms with Crippen molar-refractivity contribution in [1.82, 2.24) is 0 Å². The molecule has 8 aromatic carbocycles. The van der Waals surface area contributed by atoms with E-state index in [-0.39, 0.29) is 32.9 Å². The fourth-order valence-corrected chi connectivity index (χ4v) is 8.44. The summed E-state index contributed by atoms with van der Waals surface area (Å²) >= 11 is 0. The minimum absolute atomic E-state index is 0.0801. The van der Waals surface area contributed by atoms with E-state index in [1.54, 1.807) is 37.3 Å². The molecule has 6 N–H and O–H groups in total. The zero-order chi connectivity index (χ0) is 44.1. The highest BCUT2D eigenvalue weighted by Crippen LogP contribution is 2.46. The van der Waals surface area contributed by atoms with Gasteiger partial charge in [0.1, 0.15) is 32.7 Å². The van der Waals surface area contributed by atoms with Crippen LogP contribution in [0.25, 0.3) is 43.4 Å². The van der Waals surface area contributed by atoms with Crippen molar-refractivity contribution in [2.75, 3.05) is 0 Å². The number of phenols is 4. The third-order valence-electron chi connectivity index (χ3n) is 10.1. The second-order valence-electron chi connectivity index (χ2n) is 14.1. The molecule has 18 heteroatoms. The lowest BCUT2D eigenvalue weighted by atomic mass is 10.0. The molecule has 310 valence electrons. The van der Waals surface area contributed by atoms with Gasteiger partial charge in [-0.25, -0.2) is 0 Å². The van der Waals surface area contributed by atoms with E-state index in [2.05, 4.69) is 30.7 Å². The molecule has 0 saturated heterocycles. The maximum atomic E-state index is 12.2. The van der Waals surface area contributed by atoms with Crippen molar-refractivity contribution >= 4 is 86.7 Å². The number of aryl methyl sites for hydroxylation is 2. The van der Waals surface area contributed by atoms with E-state index in [0.29, 0.717) is 39.1 Å². The highest BCUT2D eigenvalue weighted by atomic mass is 32.2. The van der Waals surface area contributed by atoms with Crippen molar-refractivity contribution in [2.24, 2.45) is 30.7 Å². The molecule has 16 nitrogen and oxygen atoms in total. The number of fused-ring (bicyclic) bond motifs is 3. The maximum absolute atomic E-state index is 12.2. The molecule has 62 heavy (non-hydrogen) atoms. The first-order valence-electron chi connectivity index (χ1n) is 18.4. The number of phenolic OH excluding ortho intramolecular Hbond substituents is 4. The number of hydrogen-bond acceptors (Lipinski definition) is 14. The van der Waals surface area contributed by atoms with Crippen LogP contribution in [0.3, 0.4) is 0 Å². The van der Waals surface area contributed by atoms with Gasteiger partial charge in [-0.05, 0) is 96.8 Å². The summed E-state index contributed by atoms with van der Waals surface area (Å²) in [6.45, 7) is 3.69. The highest BCUT2D eigenvalue weighted by molar-refractivity contribution is 7.86. The summed E-state index contributed by atoms with van der Waals surface area (Å²) in [6.07, 6.45) is 0. The van der Waals surface area contributed by atoms with Gasteiger partial charge >= 0.3 is 0 Å². The predicted molar refractivity (Wildman–Crippen MR) is 232 cm³/mol. The first-order valence-corrected chi connectivity index (χ1v) is 21.3. The number of rotatable bonds is 9. The normalized spacial score (nSPS) is 12.5. The Kier molecular flexibility index (Phi) is 10.4. The predicted octanol–water partition coefficient (Wildman–Crippen LogP) is 12.0. The molecular formula is C44H32N6O10S2. The first-order chi connectivity index (χ1) is 29.5. The van der Waals surface area contributed by atoms with Gasteiger partial charge in [-0.3, -0.25) is 9.11 Å². The molecule has 0 amide bonds. The minimum atomic E-state index is -4.77. The topological polar surface area (TPSA) is 264 Å². The molecule has 0 heterocycles. The zero-order valence-corrected chi connectivity index (χ0v) is 34.0. The van der Waals surface area contributed by atoms with Crippen molar-refractivity contribution < 1.29 is 46.4 Å². The van der Waals surface area contributed by atoms with Gasteiger partial charge in [0.15, 0.2) is 11.5 Å². The molecule has 0 fully saturated rings. The highest BCUT2D eigenvalue weighted by Gasteiger charge is 2.23. The van der Waals surface area contributed by atoms with Gasteiger partial charge < -0.3 is 20.4 Å². The SMILES string of the molecule is Cc1cc(-c2ccc(N=Nc3ccc(N=Nc4cc(S(=O)(=O)O)c5cccc(O)c5c4O)c4ccccc34)c(C)c2)ccc1N=Nc1cc(S(=O)(=O)O)c2cccc(O)c2c1O. The van der Waals surface area contributed by atoms with Gasteiger partial charge in [-0.2, -0.15) is 27.1 Å². The zero-order valence-electron chi connectivity index (χ0n) is 32.4. The van der Waals surface area contributed by atoms with Crippen LogP contribution in [0.5, 0.6) is 23.0 Å². The fraction of sp³-hybridized carbons (Fsp3) is 0.0455. The van der Waals surface area contributed by atoms with Gasteiger partial charge in [-0.15, -0.1) is 20.5 Å². The summed E-state index contributed by atoms with van der Waals surface area (Å²) in [4.78, 5) is -1.10. The summed E-state index contributed by atoms with van der Waals surface area (Å²) in [7, 11) is -9.51. The molecule has 0 aromatic heterocycles. The summed E-state index contributed by atoms with van der Waals surface area (Å²) in [5.41, 5.74) is 4.54. The Labute approximate surface area is 352 Å². The van der Waals surface area contributed by atoms with Crippen molar-refractivity contribution in [3.05, 3.63) is 132 Å². The molecule has 0 aliphatic rings. The Balaban J connectivity index is 1.04. The standard InChI is InChI=1S/C44H32N6O10S2/c1-23-19-25(26-14-16-32(24(2)20-26)46-49-35-21-39(61(55,56)57)29-9-5-11-37(51)41(29)43(35)53)13-15-31(23)45-47-33-17-18-34(28-8-4-3-7-27(28)33)48-50-36-22-40(62(58,59)60)30-10-6-12-38(52)42(30)44(36)54/h3-22,51-54H,1-2H3,(H,55,56,57)(H,58,59,60). The van der Waals surface area contributed by atoms with Crippen LogP contribution in [0.2, 0.25) is 0 Å². The van der Waals surface area contributed by atoms with E-state index < -0.39 is 53.0 Å². The van der Waals surface area contributed by atoms with Crippen molar-refractivity contribution in [3.8, 4) is 34.1 Å². The Morgan fingerprint density at radius 2 is 0.726 bits per heavy atom. The van der Waals surface area contributed by atoms with Gasteiger partial charge in [0.25, 0.3) is 20.2 Å². The van der Waals surface area contributed by atoms with Crippen LogP contribution in [0, 0.1) is 13.8 Å². The summed E-state index contributed by atoms with van der Waals surface area (Å²) in [5.74, 6) is -1.85.